The van der Waals surface area contributed by atoms with Gasteiger partial charge in [-0.25, -0.2) is 4.79 Å². The van der Waals surface area contributed by atoms with Gasteiger partial charge in [0.2, 0.25) is 0 Å². The van der Waals surface area contributed by atoms with Crippen LogP contribution in [0.4, 0.5) is 18.9 Å². The smallest absolute Gasteiger partial charge is 0.417 e. The number of halogens is 5. The molecular weight excluding hydrogens is 318 g/mol. The first-order chi connectivity index (χ1) is 9.04. The van der Waals surface area contributed by atoms with Gasteiger partial charge in [0.1, 0.15) is 6.04 Å². The molecule has 0 fully saturated rings. The molecule has 3 nitrogen and oxygen atoms in total. The molecule has 0 aliphatic carbocycles. The van der Waals surface area contributed by atoms with Crippen molar-refractivity contribution in [1.82, 2.24) is 0 Å². The van der Waals surface area contributed by atoms with Gasteiger partial charge in [-0.05, 0) is 18.1 Å². The standard InChI is InChI=1S/C12H12Cl2F3NO2/c1-5(2)10(11(19)20)18-9-4-7(13)6(3-8(9)14)12(15,16)17/h3-5,10,18H,1-2H3,(H,19,20). The van der Waals surface area contributed by atoms with Crippen LogP contribution in [0.2, 0.25) is 10.0 Å². The first-order valence-corrected chi connectivity index (χ1v) is 6.35. The molecule has 2 N–H and O–H groups in total. The topological polar surface area (TPSA) is 49.3 Å². The Labute approximate surface area is 123 Å². The van der Waals surface area contributed by atoms with Crippen molar-refractivity contribution in [2.24, 2.45) is 5.92 Å². The Hall–Kier alpha value is -1.14. The highest BCUT2D eigenvalue weighted by atomic mass is 35.5. The molecule has 0 aliphatic rings. The number of benzene rings is 1. The average Bonchev–Trinajstić information content (AvgIpc) is 2.27. The maximum Gasteiger partial charge on any atom is 0.417 e. The highest BCUT2D eigenvalue weighted by molar-refractivity contribution is 6.35. The zero-order chi connectivity index (χ0) is 15.7. The summed E-state index contributed by atoms with van der Waals surface area (Å²) in [6.45, 7) is 3.32. The summed E-state index contributed by atoms with van der Waals surface area (Å²) < 4.78 is 37.9. The number of carbonyl (C=O) groups is 1. The molecule has 0 radical (unpaired) electrons. The van der Waals surface area contributed by atoms with Crippen LogP contribution in [-0.4, -0.2) is 17.1 Å². The molecule has 0 amide bonds. The van der Waals surface area contributed by atoms with Gasteiger partial charge in [0.05, 0.1) is 21.3 Å². The Bertz CT molecular complexity index is 518. The van der Waals surface area contributed by atoms with Crippen LogP contribution in [0.3, 0.4) is 0 Å². The molecule has 1 aromatic carbocycles. The molecule has 0 heterocycles. The summed E-state index contributed by atoms with van der Waals surface area (Å²) in [5.41, 5.74) is -1.02. The summed E-state index contributed by atoms with van der Waals surface area (Å²) in [5.74, 6) is -1.42. The van der Waals surface area contributed by atoms with E-state index >= 15 is 0 Å². The average molecular weight is 330 g/mol. The van der Waals surface area contributed by atoms with Crippen LogP contribution in [0.5, 0.6) is 0 Å². The number of carboxylic acids is 1. The number of aliphatic carboxylic acids is 1. The van der Waals surface area contributed by atoms with Crippen LogP contribution in [0.1, 0.15) is 19.4 Å². The van der Waals surface area contributed by atoms with Crippen molar-refractivity contribution in [3.05, 3.63) is 27.7 Å². The van der Waals surface area contributed by atoms with Gasteiger partial charge in [-0.3, -0.25) is 0 Å². The minimum absolute atomic E-state index is 0.0470. The number of rotatable bonds is 4. The predicted octanol–water partition coefficient (Wildman–Crippen LogP) is 4.53. The lowest BCUT2D eigenvalue weighted by Crippen LogP contribution is -2.34. The Balaban J connectivity index is 3.16. The Morgan fingerprint density at radius 1 is 1.25 bits per heavy atom. The van der Waals surface area contributed by atoms with Crippen molar-refractivity contribution < 1.29 is 23.1 Å². The van der Waals surface area contributed by atoms with E-state index in [1.807, 2.05) is 0 Å². The molecule has 112 valence electrons. The van der Waals surface area contributed by atoms with E-state index < -0.39 is 28.8 Å². The molecule has 1 atom stereocenters. The van der Waals surface area contributed by atoms with E-state index in [2.05, 4.69) is 5.32 Å². The predicted molar refractivity (Wildman–Crippen MR) is 71.3 cm³/mol. The Morgan fingerprint density at radius 2 is 1.80 bits per heavy atom. The van der Waals surface area contributed by atoms with Crippen LogP contribution >= 0.6 is 23.2 Å². The van der Waals surface area contributed by atoms with Crippen molar-refractivity contribution >= 4 is 34.9 Å². The fourth-order valence-corrected chi connectivity index (χ4v) is 2.04. The van der Waals surface area contributed by atoms with E-state index in [1.165, 1.54) is 0 Å². The van der Waals surface area contributed by atoms with E-state index in [-0.39, 0.29) is 16.6 Å². The maximum atomic E-state index is 12.6. The number of nitrogens with one attached hydrogen (secondary N) is 1. The van der Waals surface area contributed by atoms with Crippen molar-refractivity contribution in [3.63, 3.8) is 0 Å². The fraction of sp³-hybridized carbons (Fsp3) is 0.417. The third kappa shape index (κ3) is 3.93. The number of anilines is 1. The second kappa shape index (κ2) is 6.10. The minimum Gasteiger partial charge on any atom is -0.480 e. The molecular formula is C12H12Cl2F3NO2. The zero-order valence-electron chi connectivity index (χ0n) is 10.6. The lowest BCUT2D eigenvalue weighted by atomic mass is 10.0. The Morgan fingerprint density at radius 3 is 2.20 bits per heavy atom. The van der Waals surface area contributed by atoms with Crippen molar-refractivity contribution in [2.45, 2.75) is 26.1 Å². The molecule has 1 unspecified atom stereocenters. The lowest BCUT2D eigenvalue weighted by molar-refractivity contribution is -0.139. The van der Waals surface area contributed by atoms with Gasteiger partial charge < -0.3 is 10.4 Å². The van der Waals surface area contributed by atoms with E-state index in [0.717, 1.165) is 6.07 Å². The minimum atomic E-state index is -4.62. The van der Waals surface area contributed by atoms with Crippen LogP contribution in [0.15, 0.2) is 12.1 Å². The molecule has 0 saturated carbocycles. The SMILES string of the molecule is CC(C)C(Nc1cc(Cl)c(C(F)(F)F)cc1Cl)C(=O)O. The monoisotopic (exact) mass is 329 g/mol. The fourth-order valence-electron chi connectivity index (χ4n) is 1.56. The lowest BCUT2D eigenvalue weighted by Gasteiger charge is -2.21. The van der Waals surface area contributed by atoms with Crippen LogP contribution < -0.4 is 5.32 Å². The molecule has 1 rings (SSSR count). The number of hydrogen-bond donors (Lipinski definition) is 2. The number of alkyl halides is 3. The van der Waals surface area contributed by atoms with Crippen LogP contribution in [0.25, 0.3) is 0 Å². The second-order valence-corrected chi connectivity index (χ2v) is 5.33. The molecule has 1 aromatic rings. The number of hydrogen-bond acceptors (Lipinski definition) is 2. The Kier molecular flexibility index (Phi) is 5.15. The third-order valence-electron chi connectivity index (χ3n) is 2.61. The normalized spacial score (nSPS) is 13.4. The van der Waals surface area contributed by atoms with Gasteiger partial charge in [-0.2, -0.15) is 13.2 Å². The third-order valence-corrected chi connectivity index (χ3v) is 3.23. The molecule has 20 heavy (non-hydrogen) atoms. The van der Waals surface area contributed by atoms with E-state index in [1.54, 1.807) is 13.8 Å². The van der Waals surface area contributed by atoms with Crippen molar-refractivity contribution in [2.75, 3.05) is 5.32 Å². The molecule has 0 bridgehead atoms. The summed E-state index contributed by atoms with van der Waals surface area (Å²) in [6, 6.07) is 0.663. The van der Waals surface area contributed by atoms with Crippen molar-refractivity contribution in [1.29, 1.82) is 0 Å². The highest BCUT2D eigenvalue weighted by Gasteiger charge is 2.34. The molecule has 0 aromatic heterocycles. The summed E-state index contributed by atoms with van der Waals surface area (Å²) in [4.78, 5) is 11.0. The quantitative estimate of drug-likeness (QED) is 0.852. The van der Waals surface area contributed by atoms with Gasteiger partial charge in [0.15, 0.2) is 0 Å². The first-order valence-electron chi connectivity index (χ1n) is 5.59. The summed E-state index contributed by atoms with van der Waals surface area (Å²) in [7, 11) is 0. The highest BCUT2D eigenvalue weighted by Crippen LogP contribution is 2.39. The van der Waals surface area contributed by atoms with Crippen LogP contribution in [0, 0.1) is 5.92 Å². The van der Waals surface area contributed by atoms with Crippen molar-refractivity contribution in [3.8, 4) is 0 Å². The van der Waals surface area contributed by atoms with E-state index in [4.69, 9.17) is 28.3 Å². The van der Waals surface area contributed by atoms with E-state index in [0.29, 0.717) is 6.07 Å². The van der Waals surface area contributed by atoms with E-state index in [9.17, 15) is 18.0 Å². The molecule has 0 spiro atoms. The molecule has 8 heteroatoms. The van der Waals surface area contributed by atoms with Gasteiger partial charge >= 0.3 is 12.1 Å². The first kappa shape index (κ1) is 16.9. The van der Waals surface area contributed by atoms with Gasteiger partial charge in [-0.15, -0.1) is 0 Å². The summed E-state index contributed by atoms with van der Waals surface area (Å²) >= 11 is 11.3. The summed E-state index contributed by atoms with van der Waals surface area (Å²) in [5, 5.41) is 10.8. The second-order valence-electron chi connectivity index (χ2n) is 4.51. The van der Waals surface area contributed by atoms with Gasteiger partial charge in [0, 0.05) is 0 Å². The zero-order valence-corrected chi connectivity index (χ0v) is 12.1. The van der Waals surface area contributed by atoms with Crippen LogP contribution in [-0.2, 0) is 11.0 Å². The summed E-state index contributed by atoms with van der Waals surface area (Å²) in [6.07, 6.45) is -4.62. The van der Waals surface area contributed by atoms with Gasteiger partial charge in [-0.1, -0.05) is 37.0 Å². The molecule has 0 saturated heterocycles. The largest absolute Gasteiger partial charge is 0.480 e. The molecule has 0 aliphatic heterocycles. The maximum absolute atomic E-state index is 12.6. The van der Waals surface area contributed by atoms with Gasteiger partial charge in [0.25, 0.3) is 0 Å². The number of carboxylic acid groups (broad SMARTS) is 1.